The molecule has 2 rings (SSSR count). The third kappa shape index (κ3) is 3.19. The van der Waals surface area contributed by atoms with Gasteiger partial charge in [0.05, 0.1) is 0 Å². The van der Waals surface area contributed by atoms with Crippen LogP contribution in [0.25, 0.3) is 0 Å². The molecule has 0 spiro atoms. The minimum Gasteiger partial charge on any atom is -0.348 e. The molecule has 2 aromatic carbocycles. The average molecular weight is 257 g/mol. The molecule has 0 radical (unpaired) electrons. The number of carbonyl (C=O) groups excluding carboxylic acids is 1. The lowest BCUT2D eigenvalue weighted by Gasteiger charge is -2.09. The number of hydrogen-bond acceptors (Lipinski definition) is 1. The highest BCUT2D eigenvalue weighted by Gasteiger charge is 2.09. The van der Waals surface area contributed by atoms with Crippen LogP contribution in [0.4, 0.5) is 4.39 Å². The summed E-state index contributed by atoms with van der Waals surface area (Å²) in [5.74, 6) is -0.479. The maximum atomic E-state index is 13.4. The Hall–Kier alpha value is -2.16. The number of halogens is 1. The molecule has 0 saturated carbocycles. The van der Waals surface area contributed by atoms with Crippen LogP contribution in [0.3, 0.4) is 0 Å². The predicted molar refractivity (Wildman–Crippen MR) is 73.5 cm³/mol. The van der Waals surface area contributed by atoms with Gasteiger partial charge in [0.15, 0.2) is 0 Å². The summed E-state index contributed by atoms with van der Waals surface area (Å²) < 4.78 is 13.4. The zero-order chi connectivity index (χ0) is 13.8. The number of hydrogen-bond donors (Lipinski definition) is 1. The number of nitrogens with one attached hydrogen (secondary N) is 1. The van der Waals surface area contributed by atoms with Gasteiger partial charge < -0.3 is 5.32 Å². The van der Waals surface area contributed by atoms with E-state index in [0.717, 1.165) is 11.1 Å². The molecule has 0 aliphatic rings. The maximum Gasteiger partial charge on any atom is 0.251 e. The second-order valence-electron chi connectivity index (χ2n) is 4.59. The zero-order valence-corrected chi connectivity index (χ0v) is 11.0. The average Bonchev–Trinajstić information content (AvgIpc) is 2.40. The van der Waals surface area contributed by atoms with Crippen molar-refractivity contribution in [1.82, 2.24) is 5.32 Å². The normalized spacial score (nSPS) is 10.3. The Bertz CT molecular complexity index is 607. The topological polar surface area (TPSA) is 29.1 Å². The Morgan fingerprint density at radius 1 is 1.16 bits per heavy atom. The van der Waals surface area contributed by atoms with Crippen molar-refractivity contribution in [2.75, 3.05) is 0 Å². The third-order valence-electron chi connectivity index (χ3n) is 3.03. The second-order valence-corrected chi connectivity index (χ2v) is 4.59. The molecule has 2 nitrogen and oxygen atoms in total. The Morgan fingerprint density at radius 2 is 1.89 bits per heavy atom. The SMILES string of the molecule is Cc1ccc(C)c(C(=O)NCc2ccccc2F)c1. The molecular formula is C16H16FNO. The highest BCUT2D eigenvalue weighted by atomic mass is 19.1. The van der Waals surface area contributed by atoms with E-state index in [9.17, 15) is 9.18 Å². The Labute approximate surface area is 112 Å². The van der Waals surface area contributed by atoms with Crippen LogP contribution in [0.15, 0.2) is 42.5 Å². The molecule has 3 heteroatoms. The van der Waals surface area contributed by atoms with Crippen molar-refractivity contribution in [2.45, 2.75) is 20.4 Å². The van der Waals surface area contributed by atoms with Crippen LogP contribution in [0.5, 0.6) is 0 Å². The van der Waals surface area contributed by atoms with Crippen LogP contribution >= 0.6 is 0 Å². The molecule has 98 valence electrons. The van der Waals surface area contributed by atoms with Gasteiger partial charge in [0.1, 0.15) is 5.82 Å². The molecule has 0 aromatic heterocycles. The van der Waals surface area contributed by atoms with Crippen LogP contribution < -0.4 is 5.32 Å². The number of carbonyl (C=O) groups is 1. The molecule has 2 aromatic rings. The fraction of sp³-hybridized carbons (Fsp3) is 0.188. The second kappa shape index (κ2) is 5.65. The Balaban J connectivity index is 2.10. The largest absolute Gasteiger partial charge is 0.348 e. The van der Waals surface area contributed by atoms with Gasteiger partial charge in [0.2, 0.25) is 0 Å². The van der Waals surface area contributed by atoms with Crippen molar-refractivity contribution in [3.05, 3.63) is 70.5 Å². The van der Waals surface area contributed by atoms with Crippen LogP contribution in [0.1, 0.15) is 27.0 Å². The minimum atomic E-state index is -0.302. The smallest absolute Gasteiger partial charge is 0.251 e. The van der Waals surface area contributed by atoms with Crippen LogP contribution in [0.2, 0.25) is 0 Å². The number of aryl methyl sites for hydroxylation is 2. The van der Waals surface area contributed by atoms with Gasteiger partial charge in [-0.15, -0.1) is 0 Å². The molecule has 0 fully saturated rings. The summed E-state index contributed by atoms with van der Waals surface area (Å²) in [6.45, 7) is 4.02. The van der Waals surface area contributed by atoms with Gasteiger partial charge in [-0.1, -0.05) is 35.9 Å². The van der Waals surface area contributed by atoms with E-state index in [4.69, 9.17) is 0 Å². The van der Waals surface area contributed by atoms with Crippen LogP contribution in [-0.4, -0.2) is 5.91 Å². The van der Waals surface area contributed by atoms with E-state index >= 15 is 0 Å². The predicted octanol–water partition coefficient (Wildman–Crippen LogP) is 3.37. The molecular weight excluding hydrogens is 241 g/mol. The lowest BCUT2D eigenvalue weighted by molar-refractivity contribution is 0.0950. The summed E-state index contributed by atoms with van der Waals surface area (Å²) in [4.78, 5) is 12.1. The van der Waals surface area contributed by atoms with Gasteiger partial charge in [0, 0.05) is 17.7 Å². The summed E-state index contributed by atoms with van der Waals surface area (Å²) in [5.41, 5.74) is 3.07. The molecule has 19 heavy (non-hydrogen) atoms. The highest BCUT2D eigenvalue weighted by molar-refractivity contribution is 5.95. The summed E-state index contributed by atoms with van der Waals surface area (Å²) in [7, 11) is 0. The molecule has 0 aliphatic carbocycles. The van der Waals surface area contributed by atoms with Crippen molar-refractivity contribution in [2.24, 2.45) is 0 Å². The van der Waals surface area contributed by atoms with Gasteiger partial charge in [-0.2, -0.15) is 0 Å². The van der Waals surface area contributed by atoms with Gasteiger partial charge in [-0.05, 0) is 31.5 Å². The van der Waals surface area contributed by atoms with Gasteiger partial charge in [0.25, 0.3) is 5.91 Å². The molecule has 0 aliphatic heterocycles. The molecule has 0 heterocycles. The maximum absolute atomic E-state index is 13.4. The molecule has 0 saturated heterocycles. The number of rotatable bonds is 3. The van der Waals surface area contributed by atoms with E-state index in [1.54, 1.807) is 18.2 Å². The van der Waals surface area contributed by atoms with Crippen molar-refractivity contribution in [1.29, 1.82) is 0 Å². The first kappa shape index (κ1) is 13.3. The summed E-state index contributed by atoms with van der Waals surface area (Å²) in [5, 5.41) is 2.75. The van der Waals surface area contributed by atoms with Crippen molar-refractivity contribution in [3.63, 3.8) is 0 Å². The van der Waals surface area contributed by atoms with Gasteiger partial charge in [-0.25, -0.2) is 4.39 Å². The van der Waals surface area contributed by atoms with Crippen molar-refractivity contribution < 1.29 is 9.18 Å². The monoisotopic (exact) mass is 257 g/mol. The third-order valence-corrected chi connectivity index (χ3v) is 3.03. The Kier molecular flexibility index (Phi) is 3.95. The molecule has 0 atom stereocenters. The molecule has 0 bridgehead atoms. The van der Waals surface area contributed by atoms with E-state index in [-0.39, 0.29) is 18.3 Å². The summed E-state index contributed by atoms with van der Waals surface area (Å²) in [6.07, 6.45) is 0. The summed E-state index contributed by atoms with van der Waals surface area (Å²) in [6, 6.07) is 12.1. The summed E-state index contributed by atoms with van der Waals surface area (Å²) >= 11 is 0. The number of amides is 1. The molecule has 1 N–H and O–H groups in total. The van der Waals surface area contributed by atoms with Gasteiger partial charge in [-0.3, -0.25) is 4.79 Å². The van der Waals surface area contributed by atoms with Crippen molar-refractivity contribution in [3.8, 4) is 0 Å². The quantitative estimate of drug-likeness (QED) is 0.897. The first-order valence-electron chi connectivity index (χ1n) is 6.17. The molecule has 0 unspecified atom stereocenters. The molecule has 1 amide bonds. The number of benzene rings is 2. The lowest BCUT2D eigenvalue weighted by Crippen LogP contribution is -2.24. The van der Waals surface area contributed by atoms with E-state index in [0.29, 0.717) is 11.1 Å². The minimum absolute atomic E-state index is 0.176. The zero-order valence-electron chi connectivity index (χ0n) is 11.0. The van der Waals surface area contributed by atoms with Crippen LogP contribution in [-0.2, 0) is 6.54 Å². The van der Waals surface area contributed by atoms with E-state index < -0.39 is 0 Å². The lowest BCUT2D eigenvalue weighted by atomic mass is 10.0. The standard InChI is InChI=1S/C16H16FNO/c1-11-7-8-12(2)14(9-11)16(19)18-10-13-5-3-4-6-15(13)17/h3-9H,10H2,1-2H3,(H,18,19). The first-order chi connectivity index (χ1) is 9.08. The van der Waals surface area contributed by atoms with Crippen LogP contribution in [0, 0.1) is 19.7 Å². The highest BCUT2D eigenvalue weighted by Crippen LogP contribution is 2.11. The van der Waals surface area contributed by atoms with E-state index in [2.05, 4.69) is 5.32 Å². The van der Waals surface area contributed by atoms with E-state index in [1.165, 1.54) is 6.07 Å². The first-order valence-corrected chi connectivity index (χ1v) is 6.17. The van der Waals surface area contributed by atoms with E-state index in [1.807, 2.05) is 32.0 Å². The Morgan fingerprint density at radius 3 is 2.63 bits per heavy atom. The van der Waals surface area contributed by atoms with Crippen molar-refractivity contribution >= 4 is 5.91 Å². The fourth-order valence-electron chi connectivity index (χ4n) is 1.89. The fourth-order valence-corrected chi connectivity index (χ4v) is 1.89. The van der Waals surface area contributed by atoms with Gasteiger partial charge >= 0.3 is 0 Å².